The van der Waals surface area contributed by atoms with Crippen LogP contribution in [0.4, 0.5) is 0 Å². The molecule has 4 heteroatoms. The van der Waals surface area contributed by atoms with Gasteiger partial charge in [0.2, 0.25) is 0 Å². The van der Waals surface area contributed by atoms with Crippen LogP contribution in [0.25, 0.3) is 11.4 Å². The number of H-pyrrole nitrogens is 1. The normalized spacial score (nSPS) is 11.1. The minimum absolute atomic E-state index is 0.119. The fourth-order valence-corrected chi connectivity index (χ4v) is 1.79. The fourth-order valence-electron chi connectivity index (χ4n) is 1.79. The second-order valence-corrected chi connectivity index (χ2v) is 4.57. The van der Waals surface area contributed by atoms with Gasteiger partial charge in [0.15, 0.2) is 0 Å². The largest absolute Gasteiger partial charge is 0.469 e. The number of hydrogen-bond donors (Lipinski definition) is 1. The molecule has 0 radical (unpaired) electrons. The summed E-state index contributed by atoms with van der Waals surface area (Å²) in [7, 11) is 0. The Morgan fingerprint density at radius 2 is 2.24 bits per heavy atom. The van der Waals surface area contributed by atoms with Crippen molar-refractivity contribution in [2.24, 2.45) is 5.92 Å². The summed E-state index contributed by atoms with van der Waals surface area (Å²) in [5.41, 5.74) is 1.54. The predicted octanol–water partition coefficient (Wildman–Crippen LogP) is 2.54. The minimum Gasteiger partial charge on any atom is -0.469 e. The maximum absolute atomic E-state index is 11.6. The van der Waals surface area contributed by atoms with Crippen LogP contribution in [0.3, 0.4) is 0 Å². The van der Waals surface area contributed by atoms with Crippen LogP contribution in [0.15, 0.2) is 27.6 Å². The van der Waals surface area contributed by atoms with Crippen molar-refractivity contribution in [2.45, 2.75) is 27.2 Å². The number of furan rings is 1. The van der Waals surface area contributed by atoms with Gasteiger partial charge in [0.1, 0.15) is 11.6 Å². The monoisotopic (exact) mass is 232 g/mol. The molecule has 0 aliphatic heterocycles. The third kappa shape index (κ3) is 2.64. The van der Waals surface area contributed by atoms with Gasteiger partial charge in [-0.25, -0.2) is 4.98 Å². The van der Waals surface area contributed by atoms with Crippen LogP contribution in [0.2, 0.25) is 0 Å². The molecule has 2 aromatic rings. The zero-order valence-electron chi connectivity index (χ0n) is 10.3. The van der Waals surface area contributed by atoms with E-state index in [2.05, 4.69) is 23.8 Å². The second kappa shape index (κ2) is 4.57. The van der Waals surface area contributed by atoms with Crippen LogP contribution in [0.1, 0.15) is 25.3 Å². The molecular formula is C13H16N2O2. The van der Waals surface area contributed by atoms with E-state index < -0.39 is 0 Å². The summed E-state index contributed by atoms with van der Waals surface area (Å²) in [6.45, 7) is 6.06. The quantitative estimate of drug-likeness (QED) is 0.884. The lowest BCUT2D eigenvalue weighted by atomic mass is 10.1. The topological polar surface area (TPSA) is 58.9 Å². The predicted molar refractivity (Wildman–Crippen MR) is 65.8 cm³/mol. The molecule has 1 N–H and O–H groups in total. The Balaban J connectivity index is 2.45. The number of aryl methyl sites for hydroxylation is 1. The van der Waals surface area contributed by atoms with Crippen LogP contribution in [-0.4, -0.2) is 9.97 Å². The SMILES string of the molecule is Cc1occc1-c1nc(CC(C)C)cc(=O)[nH]1. The van der Waals surface area contributed by atoms with Gasteiger partial charge in [-0.05, 0) is 25.3 Å². The van der Waals surface area contributed by atoms with Crippen molar-refractivity contribution >= 4 is 0 Å². The summed E-state index contributed by atoms with van der Waals surface area (Å²) in [4.78, 5) is 18.8. The Bertz CT molecular complexity index is 567. The van der Waals surface area contributed by atoms with E-state index in [4.69, 9.17) is 4.42 Å². The molecule has 0 fully saturated rings. The summed E-state index contributed by atoms with van der Waals surface area (Å²) < 4.78 is 5.22. The molecule has 0 saturated carbocycles. The van der Waals surface area contributed by atoms with Crippen LogP contribution < -0.4 is 5.56 Å². The summed E-state index contributed by atoms with van der Waals surface area (Å²) >= 11 is 0. The molecule has 17 heavy (non-hydrogen) atoms. The highest BCUT2D eigenvalue weighted by atomic mass is 16.3. The zero-order valence-corrected chi connectivity index (χ0v) is 10.3. The first kappa shape index (κ1) is 11.6. The van der Waals surface area contributed by atoms with Crippen molar-refractivity contribution in [1.29, 1.82) is 0 Å². The molecule has 2 heterocycles. The first-order valence-electron chi connectivity index (χ1n) is 5.71. The van der Waals surface area contributed by atoms with E-state index in [9.17, 15) is 4.79 Å². The lowest BCUT2D eigenvalue weighted by Crippen LogP contribution is -2.11. The second-order valence-electron chi connectivity index (χ2n) is 4.57. The van der Waals surface area contributed by atoms with Crippen molar-refractivity contribution in [3.8, 4) is 11.4 Å². The summed E-state index contributed by atoms with van der Waals surface area (Å²) in [5, 5.41) is 0. The van der Waals surface area contributed by atoms with Crippen LogP contribution in [0, 0.1) is 12.8 Å². The highest BCUT2D eigenvalue weighted by molar-refractivity contribution is 5.56. The van der Waals surface area contributed by atoms with E-state index in [0.717, 1.165) is 23.4 Å². The van der Waals surface area contributed by atoms with Crippen molar-refractivity contribution in [3.63, 3.8) is 0 Å². The van der Waals surface area contributed by atoms with Gasteiger partial charge >= 0.3 is 0 Å². The van der Waals surface area contributed by atoms with Gasteiger partial charge in [0, 0.05) is 11.8 Å². The van der Waals surface area contributed by atoms with Gasteiger partial charge in [0.05, 0.1) is 11.8 Å². The van der Waals surface area contributed by atoms with E-state index >= 15 is 0 Å². The third-order valence-corrected chi connectivity index (χ3v) is 2.53. The molecule has 0 saturated heterocycles. The first-order valence-corrected chi connectivity index (χ1v) is 5.71. The molecule has 0 spiro atoms. The highest BCUT2D eigenvalue weighted by Gasteiger charge is 2.09. The summed E-state index contributed by atoms with van der Waals surface area (Å²) in [5.74, 6) is 1.82. The highest BCUT2D eigenvalue weighted by Crippen LogP contribution is 2.19. The van der Waals surface area contributed by atoms with Gasteiger partial charge in [0.25, 0.3) is 5.56 Å². The number of nitrogens with zero attached hydrogens (tertiary/aromatic N) is 1. The first-order chi connectivity index (χ1) is 8.06. The smallest absolute Gasteiger partial charge is 0.251 e. The average Bonchev–Trinajstić information content (AvgIpc) is 2.62. The Kier molecular flexibility index (Phi) is 3.13. The molecule has 4 nitrogen and oxygen atoms in total. The molecule has 90 valence electrons. The van der Waals surface area contributed by atoms with Gasteiger partial charge in [-0.2, -0.15) is 0 Å². The van der Waals surface area contributed by atoms with Crippen LogP contribution >= 0.6 is 0 Å². The number of aromatic nitrogens is 2. The van der Waals surface area contributed by atoms with E-state index in [1.54, 1.807) is 12.3 Å². The molecule has 2 rings (SSSR count). The molecular weight excluding hydrogens is 216 g/mol. The lowest BCUT2D eigenvalue weighted by molar-refractivity contribution is 0.535. The maximum atomic E-state index is 11.6. The molecule has 0 aliphatic carbocycles. The van der Waals surface area contributed by atoms with Gasteiger partial charge in [-0.3, -0.25) is 4.79 Å². The summed E-state index contributed by atoms with van der Waals surface area (Å²) in [6.07, 6.45) is 2.40. The average molecular weight is 232 g/mol. The van der Waals surface area contributed by atoms with Gasteiger partial charge in [-0.15, -0.1) is 0 Å². The van der Waals surface area contributed by atoms with E-state index in [1.165, 1.54) is 0 Å². The van der Waals surface area contributed by atoms with Crippen molar-refractivity contribution < 1.29 is 4.42 Å². The molecule has 0 bridgehead atoms. The number of aromatic amines is 1. The Morgan fingerprint density at radius 3 is 2.82 bits per heavy atom. The van der Waals surface area contributed by atoms with Crippen molar-refractivity contribution in [1.82, 2.24) is 9.97 Å². The molecule has 0 aromatic carbocycles. The van der Waals surface area contributed by atoms with E-state index in [-0.39, 0.29) is 5.56 Å². The molecule has 0 amide bonds. The molecule has 0 unspecified atom stereocenters. The molecule has 0 aliphatic rings. The minimum atomic E-state index is -0.119. The summed E-state index contributed by atoms with van der Waals surface area (Å²) in [6, 6.07) is 3.37. The molecule has 2 aromatic heterocycles. The van der Waals surface area contributed by atoms with Gasteiger partial charge in [-0.1, -0.05) is 13.8 Å². The van der Waals surface area contributed by atoms with Crippen molar-refractivity contribution in [2.75, 3.05) is 0 Å². The van der Waals surface area contributed by atoms with Crippen molar-refractivity contribution in [3.05, 3.63) is 40.2 Å². The van der Waals surface area contributed by atoms with Crippen LogP contribution in [-0.2, 0) is 6.42 Å². The number of nitrogens with one attached hydrogen (secondary N) is 1. The zero-order chi connectivity index (χ0) is 12.4. The number of hydrogen-bond acceptors (Lipinski definition) is 3. The standard InChI is InChI=1S/C13H16N2O2/c1-8(2)6-10-7-12(16)15-13(14-10)11-4-5-17-9(11)3/h4-5,7-8H,6H2,1-3H3,(H,14,15,16). The lowest BCUT2D eigenvalue weighted by Gasteiger charge is -2.05. The Hall–Kier alpha value is -1.84. The Labute approximate surface area is 99.7 Å². The maximum Gasteiger partial charge on any atom is 0.251 e. The third-order valence-electron chi connectivity index (χ3n) is 2.53. The van der Waals surface area contributed by atoms with Gasteiger partial charge < -0.3 is 9.40 Å². The van der Waals surface area contributed by atoms with E-state index in [0.29, 0.717) is 11.7 Å². The van der Waals surface area contributed by atoms with E-state index in [1.807, 2.05) is 13.0 Å². The molecule has 0 atom stereocenters. The number of rotatable bonds is 3. The van der Waals surface area contributed by atoms with Crippen LogP contribution in [0.5, 0.6) is 0 Å². The fraction of sp³-hybridized carbons (Fsp3) is 0.385. The Morgan fingerprint density at radius 1 is 1.47 bits per heavy atom.